The van der Waals surface area contributed by atoms with Gasteiger partial charge in [0.15, 0.2) is 11.5 Å². The van der Waals surface area contributed by atoms with Crippen molar-refractivity contribution in [2.75, 3.05) is 4.90 Å². The highest BCUT2D eigenvalue weighted by atomic mass is 16.5. The number of aromatic nitrogens is 1. The number of rotatable bonds is 0. The van der Waals surface area contributed by atoms with Crippen LogP contribution >= 0.6 is 0 Å². The van der Waals surface area contributed by atoms with Crippen LogP contribution in [0.1, 0.15) is 0 Å². The summed E-state index contributed by atoms with van der Waals surface area (Å²) in [5.74, 6) is 1.75. The first-order valence-electron chi connectivity index (χ1n) is 15.5. The van der Waals surface area contributed by atoms with Crippen molar-refractivity contribution in [2.24, 2.45) is 0 Å². The number of hydrogen-bond donors (Lipinski definition) is 0. The Kier molecular flexibility index (Phi) is 3.80. The van der Waals surface area contributed by atoms with Crippen LogP contribution in [0.15, 0.2) is 132 Å². The summed E-state index contributed by atoms with van der Waals surface area (Å²) in [7, 11) is 0. The fourth-order valence-electron chi connectivity index (χ4n) is 8.57. The van der Waals surface area contributed by atoms with E-state index < -0.39 is 0 Å². The molecule has 0 unspecified atom stereocenters. The SMILES string of the molecule is c1ccc2c(c1)Oc1cccc3c1N2c1cc2c(oc4ccccc42)c2c1B3n1c3cc4ccccc4cc3c3cccc-2c31. The lowest BCUT2D eigenvalue weighted by Gasteiger charge is -2.43. The Morgan fingerprint density at radius 3 is 2.31 bits per heavy atom. The maximum atomic E-state index is 6.82. The zero-order valence-electron chi connectivity index (χ0n) is 23.9. The number of benzene rings is 7. The second kappa shape index (κ2) is 7.58. The van der Waals surface area contributed by atoms with Gasteiger partial charge in [0.25, 0.3) is 0 Å². The van der Waals surface area contributed by atoms with Gasteiger partial charge < -0.3 is 18.5 Å². The average molecular weight is 572 g/mol. The predicted molar refractivity (Wildman–Crippen MR) is 185 cm³/mol. The van der Waals surface area contributed by atoms with Crippen LogP contribution in [0, 0.1) is 0 Å². The Labute approximate surface area is 257 Å². The van der Waals surface area contributed by atoms with E-state index in [-0.39, 0.29) is 6.85 Å². The number of para-hydroxylation sites is 5. The first kappa shape index (κ1) is 22.6. The van der Waals surface area contributed by atoms with E-state index in [4.69, 9.17) is 9.15 Å². The first-order valence-corrected chi connectivity index (χ1v) is 15.5. The molecule has 5 heteroatoms. The van der Waals surface area contributed by atoms with Crippen LogP contribution in [-0.2, 0) is 0 Å². The molecule has 12 rings (SSSR count). The topological polar surface area (TPSA) is 30.5 Å². The third-order valence-corrected chi connectivity index (χ3v) is 10.3. The summed E-state index contributed by atoms with van der Waals surface area (Å²) in [6.07, 6.45) is 0. The van der Waals surface area contributed by atoms with Crippen molar-refractivity contribution < 1.29 is 9.15 Å². The van der Waals surface area contributed by atoms with Crippen molar-refractivity contribution >= 4 is 89.4 Å². The van der Waals surface area contributed by atoms with E-state index in [9.17, 15) is 0 Å². The molecule has 0 bridgehead atoms. The van der Waals surface area contributed by atoms with E-state index in [0.29, 0.717) is 0 Å². The van der Waals surface area contributed by atoms with Gasteiger partial charge in [0.1, 0.15) is 11.2 Å². The van der Waals surface area contributed by atoms with Crippen molar-refractivity contribution in [1.29, 1.82) is 0 Å². The Balaban J connectivity index is 1.35. The maximum Gasteiger partial charge on any atom is 0.333 e. The van der Waals surface area contributed by atoms with Gasteiger partial charge in [-0.3, -0.25) is 0 Å². The number of nitrogens with zero attached hydrogens (tertiary/aromatic N) is 2. The molecule has 206 valence electrons. The molecule has 9 aromatic rings. The summed E-state index contributed by atoms with van der Waals surface area (Å²) < 4.78 is 16.0. The molecule has 3 aliphatic rings. The maximum absolute atomic E-state index is 6.82. The van der Waals surface area contributed by atoms with Crippen LogP contribution in [0.25, 0.3) is 65.6 Å². The number of ether oxygens (including phenoxy) is 1. The smallest absolute Gasteiger partial charge is 0.333 e. The molecule has 0 saturated heterocycles. The van der Waals surface area contributed by atoms with Crippen LogP contribution in [0.5, 0.6) is 11.5 Å². The summed E-state index contributed by atoms with van der Waals surface area (Å²) in [4.78, 5) is 2.44. The molecule has 3 aliphatic heterocycles. The van der Waals surface area contributed by atoms with Crippen LogP contribution in [0.3, 0.4) is 0 Å². The molecule has 2 aromatic heterocycles. The van der Waals surface area contributed by atoms with E-state index in [2.05, 4.69) is 131 Å². The van der Waals surface area contributed by atoms with Gasteiger partial charge in [0.05, 0.1) is 11.4 Å². The highest BCUT2D eigenvalue weighted by Crippen LogP contribution is 2.54. The zero-order chi connectivity index (χ0) is 29.0. The van der Waals surface area contributed by atoms with Crippen LogP contribution in [0.4, 0.5) is 17.1 Å². The molecule has 0 fully saturated rings. The van der Waals surface area contributed by atoms with Crippen molar-refractivity contribution in [3.63, 3.8) is 0 Å². The normalized spacial score (nSPS) is 13.9. The van der Waals surface area contributed by atoms with E-state index in [1.54, 1.807) is 0 Å². The van der Waals surface area contributed by atoms with Gasteiger partial charge in [-0.1, -0.05) is 84.9 Å². The van der Waals surface area contributed by atoms with Crippen molar-refractivity contribution in [3.8, 4) is 22.6 Å². The average Bonchev–Trinajstić information content (AvgIpc) is 3.62. The summed E-state index contributed by atoms with van der Waals surface area (Å²) in [5, 5.41) is 7.30. The Bertz CT molecular complexity index is 2830. The quantitative estimate of drug-likeness (QED) is 0.170. The van der Waals surface area contributed by atoms with Crippen molar-refractivity contribution in [1.82, 2.24) is 4.48 Å². The summed E-state index contributed by atoms with van der Waals surface area (Å²) >= 11 is 0. The van der Waals surface area contributed by atoms with E-state index >= 15 is 0 Å². The third-order valence-electron chi connectivity index (χ3n) is 10.3. The molecule has 0 radical (unpaired) electrons. The predicted octanol–water partition coefficient (Wildman–Crippen LogP) is 9.37. The van der Waals surface area contributed by atoms with E-state index in [1.165, 1.54) is 60.3 Å². The largest absolute Gasteiger partial charge is 0.455 e. The lowest BCUT2D eigenvalue weighted by molar-refractivity contribution is 0.477. The minimum atomic E-state index is -0.0660. The highest BCUT2D eigenvalue weighted by molar-refractivity contribution is 6.90. The number of hydrogen-bond acceptors (Lipinski definition) is 3. The second-order valence-electron chi connectivity index (χ2n) is 12.4. The van der Waals surface area contributed by atoms with Gasteiger partial charge in [-0.25, -0.2) is 0 Å². The summed E-state index contributed by atoms with van der Waals surface area (Å²) in [6, 6.07) is 45.9. The molecule has 0 N–H and O–H groups in total. The van der Waals surface area contributed by atoms with Gasteiger partial charge in [0, 0.05) is 49.4 Å². The molecule has 7 aromatic carbocycles. The monoisotopic (exact) mass is 572 g/mol. The Morgan fingerprint density at radius 1 is 0.578 bits per heavy atom. The molecule has 4 nitrogen and oxygen atoms in total. The van der Waals surface area contributed by atoms with Crippen molar-refractivity contribution in [3.05, 3.63) is 127 Å². The van der Waals surface area contributed by atoms with Crippen LogP contribution in [0.2, 0.25) is 0 Å². The molecule has 0 atom stereocenters. The Morgan fingerprint density at radius 2 is 1.36 bits per heavy atom. The lowest BCUT2D eigenvalue weighted by Crippen LogP contribution is -2.57. The standard InChI is InChI=1S/C40H21BN2O2/c1-2-10-23-20-31-27(19-22(23)9-1)25-12-7-13-26-36-37-32(21-28-24-11-3-5-16-33(24)45-40(28)36)42-30-15-4-6-17-34(30)44-35-18-8-14-29(39(35)42)41(37)43(31)38(25)26/h1-21H. The van der Waals surface area contributed by atoms with Crippen LogP contribution in [-0.4, -0.2) is 11.3 Å². The van der Waals surface area contributed by atoms with Crippen LogP contribution < -0.4 is 20.6 Å². The molecular formula is C40H21BN2O2. The van der Waals surface area contributed by atoms with Gasteiger partial charge in [-0.05, 0) is 64.2 Å². The lowest BCUT2D eigenvalue weighted by atomic mass is 9.45. The molecule has 0 spiro atoms. The van der Waals surface area contributed by atoms with Gasteiger partial charge in [-0.2, -0.15) is 0 Å². The Hall–Kier alpha value is -5.94. The number of furan rings is 1. The van der Waals surface area contributed by atoms with Gasteiger partial charge in [-0.15, -0.1) is 0 Å². The number of fused-ring (bicyclic) bond motifs is 14. The molecule has 0 saturated carbocycles. The summed E-state index contributed by atoms with van der Waals surface area (Å²) in [5.41, 5.74) is 12.6. The van der Waals surface area contributed by atoms with Gasteiger partial charge in [0.2, 0.25) is 0 Å². The fraction of sp³-hybridized carbons (Fsp3) is 0. The third kappa shape index (κ3) is 2.56. The molecule has 0 aliphatic carbocycles. The van der Waals surface area contributed by atoms with Gasteiger partial charge >= 0.3 is 6.85 Å². The number of anilines is 3. The first-order chi connectivity index (χ1) is 22.3. The molecular weight excluding hydrogens is 551 g/mol. The summed E-state index contributed by atoms with van der Waals surface area (Å²) in [6.45, 7) is -0.0660. The molecule has 0 amide bonds. The molecule has 45 heavy (non-hydrogen) atoms. The minimum absolute atomic E-state index is 0.0660. The highest BCUT2D eigenvalue weighted by Gasteiger charge is 2.46. The zero-order valence-corrected chi connectivity index (χ0v) is 23.9. The fourth-order valence-corrected chi connectivity index (χ4v) is 8.57. The minimum Gasteiger partial charge on any atom is -0.455 e. The second-order valence-corrected chi connectivity index (χ2v) is 12.4. The van der Waals surface area contributed by atoms with E-state index in [0.717, 1.165) is 44.8 Å². The van der Waals surface area contributed by atoms with E-state index in [1.807, 2.05) is 6.07 Å². The van der Waals surface area contributed by atoms with Crippen molar-refractivity contribution in [2.45, 2.75) is 0 Å². The molecule has 5 heterocycles.